The summed E-state index contributed by atoms with van der Waals surface area (Å²) in [6.07, 6.45) is 2.38. The second kappa shape index (κ2) is 7.96. The summed E-state index contributed by atoms with van der Waals surface area (Å²) in [5.74, 6) is 4.37. The number of likely N-dealkylation sites (tertiary alicyclic amines) is 1. The maximum atomic E-state index is 6.75. The minimum absolute atomic E-state index is 0.0348. The van der Waals surface area contributed by atoms with Crippen LogP contribution in [0.1, 0.15) is 43.7 Å². The monoisotopic (exact) mass is 441 g/mol. The van der Waals surface area contributed by atoms with Gasteiger partial charge in [0.2, 0.25) is 12.5 Å². The first kappa shape index (κ1) is 21.1. The Morgan fingerprint density at radius 2 is 1.50 bits per heavy atom. The molecule has 0 unspecified atom stereocenters. The Kier molecular flexibility index (Phi) is 5.24. The molecule has 172 valence electrons. The lowest BCUT2D eigenvalue weighted by Gasteiger charge is -2.50. The second-order valence-corrected chi connectivity index (χ2v) is 8.82. The van der Waals surface area contributed by atoms with Crippen molar-refractivity contribution in [3.63, 3.8) is 0 Å². The van der Waals surface area contributed by atoms with Crippen molar-refractivity contribution >= 4 is 0 Å². The first-order valence-electron chi connectivity index (χ1n) is 11.2. The number of hydrogen-bond donors (Lipinski definition) is 0. The van der Waals surface area contributed by atoms with Gasteiger partial charge >= 0.3 is 0 Å². The fourth-order valence-corrected chi connectivity index (χ4v) is 5.43. The number of nitrogens with zero attached hydrogens (tertiary/aromatic N) is 1. The van der Waals surface area contributed by atoms with E-state index >= 15 is 0 Å². The molecule has 1 saturated heterocycles. The molecular formula is C25H31NO6. The van der Waals surface area contributed by atoms with E-state index < -0.39 is 5.72 Å². The van der Waals surface area contributed by atoms with Gasteiger partial charge < -0.3 is 28.4 Å². The average Bonchev–Trinajstić information content (AvgIpc) is 3.50. The molecule has 3 atom stereocenters. The minimum atomic E-state index is -0.456. The lowest BCUT2D eigenvalue weighted by atomic mass is 9.73. The molecule has 0 radical (unpaired) electrons. The average molecular weight is 442 g/mol. The Hall–Kier alpha value is -2.80. The summed E-state index contributed by atoms with van der Waals surface area (Å²) in [7, 11) is 4.92. The Labute approximate surface area is 189 Å². The highest BCUT2D eigenvalue weighted by molar-refractivity contribution is 5.60. The SMILES string of the molecule is COc1cc([C@H]2c3cc4c(cc3O[C@@](C)(N3CCCC3)[C@H]2C)OCO4)cc(OC)c1OC. The van der Waals surface area contributed by atoms with Crippen molar-refractivity contribution in [2.45, 2.75) is 38.3 Å². The Morgan fingerprint density at radius 3 is 2.09 bits per heavy atom. The van der Waals surface area contributed by atoms with E-state index in [0.29, 0.717) is 17.2 Å². The topological polar surface area (TPSA) is 58.6 Å². The van der Waals surface area contributed by atoms with Crippen LogP contribution in [-0.4, -0.2) is 51.8 Å². The molecule has 7 heteroatoms. The molecule has 3 aliphatic rings. The van der Waals surface area contributed by atoms with Crippen LogP contribution in [0.2, 0.25) is 0 Å². The maximum Gasteiger partial charge on any atom is 0.231 e. The Balaban J connectivity index is 1.70. The van der Waals surface area contributed by atoms with Crippen LogP contribution < -0.4 is 28.4 Å². The summed E-state index contributed by atoms with van der Waals surface area (Å²) in [6, 6.07) is 8.13. The molecule has 2 aromatic rings. The Morgan fingerprint density at radius 1 is 0.875 bits per heavy atom. The zero-order valence-corrected chi connectivity index (χ0v) is 19.4. The van der Waals surface area contributed by atoms with Crippen LogP contribution in [0.3, 0.4) is 0 Å². The van der Waals surface area contributed by atoms with E-state index in [-0.39, 0.29) is 18.6 Å². The van der Waals surface area contributed by atoms with Gasteiger partial charge in [0.05, 0.1) is 21.3 Å². The first-order valence-corrected chi connectivity index (χ1v) is 11.2. The molecule has 1 fully saturated rings. The maximum absolute atomic E-state index is 6.75. The first-order chi connectivity index (χ1) is 15.5. The number of methoxy groups -OCH3 is 3. The minimum Gasteiger partial charge on any atom is -0.493 e. The molecule has 3 heterocycles. The third-order valence-electron chi connectivity index (χ3n) is 7.28. The van der Waals surface area contributed by atoms with Crippen LogP contribution in [0.25, 0.3) is 0 Å². The van der Waals surface area contributed by atoms with E-state index in [1.54, 1.807) is 21.3 Å². The van der Waals surface area contributed by atoms with Gasteiger partial charge in [0, 0.05) is 36.6 Å². The number of rotatable bonds is 5. The molecule has 0 N–H and O–H groups in total. The van der Waals surface area contributed by atoms with E-state index in [9.17, 15) is 0 Å². The third-order valence-corrected chi connectivity index (χ3v) is 7.28. The molecule has 0 aromatic heterocycles. The molecule has 0 saturated carbocycles. The van der Waals surface area contributed by atoms with E-state index in [2.05, 4.69) is 24.8 Å². The van der Waals surface area contributed by atoms with E-state index in [1.807, 2.05) is 18.2 Å². The zero-order chi connectivity index (χ0) is 22.5. The van der Waals surface area contributed by atoms with E-state index in [4.69, 9.17) is 28.4 Å². The van der Waals surface area contributed by atoms with Crippen molar-refractivity contribution in [3.8, 4) is 34.5 Å². The lowest BCUT2D eigenvalue weighted by Crippen LogP contribution is -2.57. The predicted octanol–water partition coefficient (Wildman–Crippen LogP) is 4.41. The van der Waals surface area contributed by atoms with Crippen molar-refractivity contribution in [3.05, 3.63) is 35.4 Å². The highest BCUT2D eigenvalue weighted by Crippen LogP contribution is 2.54. The van der Waals surface area contributed by atoms with Gasteiger partial charge in [0.15, 0.2) is 28.7 Å². The summed E-state index contributed by atoms with van der Waals surface area (Å²) >= 11 is 0. The molecule has 7 nitrogen and oxygen atoms in total. The lowest BCUT2D eigenvalue weighted by molar-refractivity contribution is -0.114. The molecule has 0 aliphatic carbocycles. The quantitative estimate of drug-likeness (QED) is 0.681. The van der Waals surface area contributed by atoms with E-state index in [1.165, 1.54) is 12.8 Å². The summed E-state index contributed by atoms with van der Waals surface area (Å²) in [4.78, 5) is 2.47. The van der Waals surface area contributed by atoms with Gasteiger partial charge in [-0.05, 0) is 43.5 Å². The smallest absolute Gasteiger partial charge is 0.231 e. The molecule has 32 heavy (non-hydrogen) atoms. The van der Waals surface area contributed by atoms with Crippen molar-refractivity contribution in [1.29, 1.82) is 0 Å². The summed E-state index contributed by atoms with van der Waals surface area (Å²) in [6.45, 7) is 6.76. The van der Waals surface area contributed by atoms with Crippen LogP contribution in [-0.2, 0) is 0 Å². The second-order valence-electron chi connectivity index (χ2n) is 8.82. The normalized spacial score (nSPS) is 26.4. The predicted molar refractivity (Wildman–Crippen MR) is 120 cm³/mol. The van der Waals surface area contributed by atoms with Crippen molar-refractivity contribution in [2.24, 2.45) is 5.92 Å². The molecule has 0 bridgehead atoms. The summed E-state index contributed by atoms with van der Waals surface area (Å²) in [5.41, 5.74) is 1.70. The van der Waals surface area contributed by atoms with Gasteiger partial charge in [-0.15, -0.1) is 0 Å². The highest BCUT2D eigenvalue weighted by atomic mass is 16.7. The molecule has 2 aromatic carbocycles. The fourth-order valence-electron chi connectivity index (χ4n) is 5.43. The molecule has 3 aliphatic heterocycles. The Bertz CT molecular complexity index is 993. The van der Waals surface area contributed by atoms with Gasteiger partial charge in [0.25, 0.3) is 0 Å². The molecular weight excluding hydrogens is 410 g/mol. The number of benzene rings is 2. The number of fused-ring (bicyclic) bond motifs is 2. The summed E-state index contributed by atoms with van der Waals surface area (Å²) in [5, 5.41) is 0. The van der Waals surface area contributed by atoms with Crippen LogP contribution in [0, 0.1) is 5.92 Å². The number of hydrogen-bond acceptors (Lipinski definition) is 7. The third kappa shape index (κ3) is 3.13. The van der Waals surface area contributed by atoms with Gasteiger partial charge in [-0.2, -0.15) is 0 Å². The number of ether oxygens (including phenoxy) is 6. The summed E-state index contributed by atoms with van der Waals surface area (Å²) < 4.78 is 35.0. The van der Waals surface area contributed by atoms with Gasteiger partial charge in [-0.25, -0.2) is 0 Å². The van der Waals surface area contributed by atoms with Crippen LogP contribution in [0.15, 0.2) is 24.3 Å². The molecule has 0 spiro atoms. The van der Waals surface area contributed by atoms with Gasteiger partial charge in [0.1, 0.15) is 5.75 Å². The van der Waals surface area contributed by atoms with Crippen LogP contribution in [0.5, 0.6) is 34.5 Å². The largest absolute Gasteiger partial charge is 0.493 e. The standard InChI is InChI=1S/C25H31NO6/c1-15-23(16-10-21(27-3)24(29-5)22(11-16)28-4)17-12-19-20(31-14-30-19)13-18(17)32-25(15,2)26-8-6-7-9-26/h10-13,15,23H,6-9,14H2,1-5H3/t15-,23-,25+/m0/s1. The van der Waals surface area contributed by atoms with Crippen LogP contribution in [0.4, 0.5) is 0 Å². The van der Waals surface area contributed by atoms with Gasteiger partial charge in [-0.1, -0.05) is 6.92 Å². The zero-order valence-electron chi connectivity index (χ0n) is 19.4. The van der Waals surface area contributed by atoms with Crippen molar-refractivity contribution in [1.82, 2.24) is 4.90 Å². The van der Waals surface area contributed by atoms with Crippen LogP contribution >= 0.6 is 0 Å². The molecule has 0 amide bonds. The van der Waals surface area contributed by atoms with Crippen molar-refractivity contribution in [2.75, 3.05) is 41.2 Å². The van der Waals surface area contributed by atoms with Crippen molar-refractivity contribution < 1.29 is 28.4 Å². The fraction of sp³-hybridized carbons (Fsp3) is 0.520. The highest BCUT2D eigenvalue weighted by Gasteiger charge is 2.50. The molecule has 5 rings (SSSR count). The van der Waals surface area contributed by atoms with Gasteiger partial charge in [-0.3, -0.25) is 4.90 Å². The van der Waals surface area contributed by atoms with E-state index in [0.717, 1.165) is 41.5 Å².